The first kappa shape index (κ1) is 18.9. The van der Waals surface area contributed by atoms with Crippen LogP contribution in [0.3, 0.4) is 0 Å². The van der Waals surface area contributed by atoms with E-state index >= 15 is 0 Å². The summed E-state index contributed by atoms with van der Waals surface area (Å²) in [6, 6.07) is 5.41. The first-order valence-corrected chi connectivity index (χ1v) is 9.10. The summed E-state index contributed by atoms with van der Waals surface area (Å²) in [6.07, 6.45) is 4.68. The molecule has 1 aromatic rings. The number of benzene rings is 1. The molecule has 27 heavy (non-hydrogen) atoms. The van der Waals surface area contributed by atoms with Crippen molar-refractivity contribution in [3.05, 3.63) is 35.5 Å². The summed E-state index contributed by atoms with van der Waals surface area (Å²) < 4.78 is 10.2. The Morgan fingerprint density at radius 3 is 2.33 bits per heavy atom. The molecule has 7 heteroatoms. The number of nitrogens with one attached hydrogen (secondary N) is 1. The van der Waals surface area contributed by atoms with Gasteiger partial charge in [-0.15, -0.1) is 0 Å². The molecule has 0 atom stereocenters. The topological polar surface area (TPSA) is 84.9 Å². The zero-order valence-corrected chi connectivity index (χ0v) is 15.8. The quantitative estimate of drug-likeness (QED) is 0.376. The molecule has 2 saturated heterocycles. The molecule has 0 unspecified atom stereocenters. The van der Waals surface area contributed by atoms with Crippen molar-refractivity contribution in [1.82, 2.24) is 0 Å². The molecule has 1 N–H and O–H groups in total. The van der Waals surface area contributed by atoms with Crippen LogP contribution in [0.2, 0.25) is 0 Å². The molecule has 2 fully saturated rings. The standard InChI is InChI=1S/C20H24N2O5/c1-13(23)14-7-8-17(22-9-5-4-6-10-22)16(11-14)21-12-15-18(24)26-20(2,3)27-19(15)25/h7-8,11-12,21H,4-6,9-10H2,1-3H3. The number of cyclic esters (lactones) is 2. The van der Waals surface area contributed by atoms with Crippen molar-refractivity contribution in [2.75, 3.05) is 23.3 Å². The zero-order chi connectivity index (χ0) is 19.6. The van der Waals surface area contributed by atoms with Gasteiger partial charge in [0, 0.05) is 38.7 Å². The first-order chi connectivity index (χ1) is 12.8. The number of rotatable bonds is 4. The minimum atomic E-state index is -1.28. The van der Waals surface area contributed by atoms with Crippen LogP contribution in [0.4, 0.5) is 11.4 Å². The molecule has 0 amide bonds. The summed E-state index contributed by atoms with van der Waals surface area (Å²) in [6.45, 7) is 6.33. The highest BCUT2D eigenvalue weighted by molar-refractivity contribution is 6.15. The van der Waals surface area contributed by atoms with Crippen LogP contribution in [0, 0.1) is 0 Å². The molecule has 0 aliphatic carbocycles. The molecule has 0 aromatic heterocycles. The molecule has 7 nitrogen and oxygen atoms in total. The third-order valence-electron chi connectivity index (χ3n) is 4.59. The van der Waals surface area contributed by atoms with Gasteiger partial charge in [-0.1, -0.05) is 0 Å². The lowest BCUT2D eigenvalue weighted by Gasteiger charge is -2.31. The number of esters is 2. The summed E-state index contributed by atoms with van der Waals surface area (Å²) >= 11 is 0. The molecule has 2 aliphatic heterocycles. The van der Waals surface area contributed by atoms with E-state index in [1.54, 1.807) is 12.1 Å². The Morgan fingerprint density at radius 2 is 1.74 bits per heavy atom. The monoisotopic (exact) mass is 372 g/mol. The lowest BCUT2D eigenvalue weighted by Crippen LogP contribution is -2.42. The van der Waals surface area contributed by atoms with Gasteiger partial charge in [0.15, 0.2) is 11.4 Å². The van der Waals surface area contributed by atoms with Crippen molar-refractivity contribution in [1.29, 1.82) is 0 Å². The van der Waals surface area contributed by atoms with Gasteiger partial charge in [0.2, 0.25) is 0 Å². The molecule has 3 rings (SSSR count). The van der Waals surface area contributed by atoms with Crippen molar-refractivity contribution in [2.24, 2.45) is 0 Å². The number of hydrogen-bond donors (Lipinski definition) is 1. The molecule has 2 heterocycles. The molecule has 0 spiro atoms. The van der Waals surface area contributed by atoms with Crippen LogP contribution >= 0.6 is 0 Å². The van der Waals surface area contributed by atoms with Gasteiger partial charge in [-0.3, -0.25) is 4.79 Å². The van der Waals surface area contributed by atoms with Crippen molar-refractivity contribution in [2.45, 2.75) is 45.8 Å². The summed E-state index contributed by atoms with van der Waals surface area (Å²) in [5.74, 6) is -2.83. The van der Waals surface area contributed by atoms with E-state index in [0.29, 0.717) is 11.3 Å². The minimum absolute atomic E-state index is 0.0610. The number of carbonyl (C=O) groups is 3. The fourth-order valence-electron chi connectivity index (χ4n) is 3.21. The third kappa shape index (κ3) is 4.30. The zero-order valence-electron chi connectivity index (χ0n) is 15.8. The van der Waals surface area contributed by atoms with Crippen LogP contribution < -0.4 is 10.2 Å². The van der Waals surface area contributed by atoms with Gasteiger partial charge in [0.05, 0.1) is 11.4 Å². The van der Waals surface area contributed by atoms with E-state index in [1.165, 1.54) is 33.4 Å². The molecular weight excluding hydrogens is 348 g/mol. The Hall–Kier alpha value is -2.83. The molecule has 2 aliphatic rings. The number of nitrogens with zero attached hydrogens (tertiary/aromatic N) is 1. The number of carbonyl (C=O) groups excluding carboxylic acids is 3. The van der Waals surface area contributed by atoms with Gasteiger partial charge in [-0.2, -0.15) is 0 Å². The van der Waals surface area contributed by atoms with Crippen molar-refractivity contribution >= 4 is 29.1 Å². The lowest BCUT2D eigenvalue weighted by atomic mass is 10.1. The van der Waals surface area contributed by atoms with Gasteiger partial charge >= 0.3 is 11.9 Å². The van der Waals surface area contributed by atoms with E-state index in [-0.39, 0.29) is 11.4 Å². The van der Waals surface area contributed by atoms with E-state index in [9.17, 15) is 14.4 Å². The predicted octanol–water partition coefficient (Wildman–Crippen LogP) is 3.01. The molecular formula is C20H24N2O5. The second-order valence-corrected chi connectivity index (χ2v) is 7.22. The second-order valence-electron chi connectivity index (χ2n) is 7.22. The fraction of sp³-hybridized carbons (Fsp3) is 0.450. The SMILES string of the molecule is CC(=O)c1ccc(N2CCCCC2)c(NC=C2C(=O)OC(C)(C)OC2=O)c1. The summed E-state index contributed by atoms with van der Waals surface area (Å²) in [5.41, 5.74) is 1.91. The van der Waals surface area contributed by atoms with Crippen LogP contribution in [-0.4, -0.2) is 36.6 Å². The summed E-state index contributed by atoms with van der Waals surface area (Å²) in [5, 5.41) is 3.01. The van der Waals surface area contributed by atoms with E-state index in [2.05, 4.69) is 10.2 Å². The highest BCUT2D eigenvalue weighted by atomic mass is 16.7. The Kier molecular flexibility index (Phi) is 5.21. The average molecular weight is 372 g/mol. The maximum Gasteiger partial charge on any atom is 0.350 e. The Labute approximate surface area is 158 Å². The number of hydrogen-bond acceptors (Lipinski definition) is 7. The molecule has 0 bridgehead atoms. The van der Waals surface area contributed by atoms with Gasteiger partial charge in [0.1, 0.15) is 0 Å². The Bertz CT molecular complexity index is 785. The number of piperidine rings is 1. The molecule has 0 saturated carbocycles. The molecule has 0 radical (unpaired) electrons. The maximum atomic E-state index is 12.1. The van der Waals surface area contributed by atoms with Crippen LogP contribution in [0.1, 0.15) is 50.4 Å². The van der Waals surface area contributed by atoms with Crippen molar-refractivity contribution in [3.8, 4) is 0 Å². The smallest absolute Gasteiger partial charge is 0.350 e. The molecule has 144 valence electrons. The highest BCUT2D eigenvalue weighted by Crippen LogP contribution is 2.31. The van der Waals surface area contributed by atoms with Gasteiger partial charge in [0.25, 0.3) is 5.79 Å². The second kappa shape index (κ2) is 7.42. The van der Waals surface area contributed by atoms with Crippen LogP contribution in [-0.2, 0) is 19.1 Å². The Morgan fingerprint density at radius 1 is 1.11 bits per heavy atom. The van der Waals surface area contributed by atoms with Gasteiger partial charge in [-0.25, -0.2) is 9.59 Å². The van der Waals surface area contributed by atoms with E-state index in [0.717, 1.165) is 31.6 Å². The number of ether oxygens (including phenoxy) is 2. The van der Waals surface area contributed by atoms with Crippen LogP contribution in [0.5, 0.6) is 0 Å². The van der Waals surface area contributed by atoms with Crippen molar-refractivity contribution < 1.29 is 23.9 Å². The lowest BCUT2D eigenvalue weighted by molar-refractivity contribution is -0.222. The number of anilines is 2. The Balaban J connectivity index is 1.90. The predicted molar refractivity (Wildman–Crippen MR) is 100 cm³/mol. The van der Waals surface area contributed by atoms with E-state index in [1.807, 2.05) is 6.07 Å². The average Bonchev–Trinajstić information content (AvgIpc) is 2.60. The summed E-state index contributed by atoms with van der Waals surface area (Å²) in [7, 11) is 0. The van der Waals surface area contributed by atoms with E-state index < -0.39 is 17.7 Å². The van der Waals surface area contributed by atoms with Gasteiger partial charge < -0.3 is 19.7 Å². The van der Waals surface area contributed by atoms with Crippen LogP contribution in [0.15, 0.2) is 30.0 Å². The largest absolute Gasteiger partial charge is 0.419 e. The number of ketones is 1. The maximum absolute atomic E-state index is 12.1. The van der Waals surface area contributed by atoms with E-state index in [4.69, 9.17) is 9.47 Å². The third-order valence-corrected chi connectivity index (χ3v) is 4.59. The van der Waals surface area contributed by atoms with Crippen molar-refractivity contribution in [3.63, 3.8) is 0 Å². The number of Topliss-reactive ketones (excluding diaryl/α,β-unsaturated/α-hetero) is 1. The normalized spacial score (nSPS) is 19.2. The van der Waals surface area contributed by atoms with Gasteiger partial charge in [-0.05, 0) is 44.4 Å². The summed E-state index contributed by atoms with van der Waals surface area (Å²) in [4.78, 5) is 38.2. The highest BCUT2D eigenvalue weighted by Gasteiger charge is 2.39. The molecule has 1 aromatic carbocycles. The van der Waals surface area contributed by atoms with Crippen LogP contribution in [0.25, 0.3) is 0 Å². The first-order valence-electron chi connectivity index (χ1n) is 9.10. The minimum Gasteiger partial charge on any atom is -0.419 e. The fourth-order valence-corrected chi connectivity index (χ4v) is 3.21.